The Morgan fingerprint density at radius 3 is 2.69 bits per heavy atom. The van der Waals surface area contributed by atoms with Crippen LogP contribution >= 0.6 is 0 Å². The largest absolute Gasteiger partial charge is 0.459 e. The lowest BCUT2D eigenvalue weighted by Gasteiger charge is -2.35. The summed E-state index contributed by atoms with van der Waals surface area (Å²) >= 11 is 0. The average Bonchev–Trinajstić information content (AvgIpc) is 3.52. The second-order valence-corrected chi connectivity index (χ2v) is 8.38. The van der Waals surface area contributed by atoms with Gasteiger partial charge in [-0.25, -0.2) is 15.8 Å². The number of anilines is 2. The smallest absolute Gasteiger partial charge is 0.414 e. The number of rotatable bonds is 7. The third-order valence-corrected chi connectivity index (χ3v) is 5.99. The minimum absolute atomic E-state index is 0.126. The van der Waals surface area contributed by atoms with Crippen LogP contribution < -0.4 is 26.0 Å². The molecule has 1 aromatic heterocycles. The minimum atomic E-state index is -1.02. The molecule has 0 spiro atoms. The highest BCUT2D eigenvalue weighted by atomic mass is 19.1. The molecule has 3 amide bonds. The summed E-state index contributed by atoms with van der Waals surface area (Å²) in [4.78, 5) is 42.2. The van der Waals surface area contributed by atoms with Crippen molar-refractivity contribution in [3.63, 3.8) is 0 Å². The van der Waals surface area contributed by atoms with E-state index in [-0.39, 0.29) is 24.8 Å². The number of nitrogens with zero attached hydrogens (tertiary/aromatic N) is 3. The summed E-state index contributed by atoms with van der Waals surface area (Å²) < 4.78 is 25.3. The summed E-state index contributed by atoms with van der Waals surface area (Å²) in [5.74, 6) is -1.09. The van der Waals surface area contributed by atoms with E-state index in [2.05, 4.69) is 21.0 Å². The molecule has 0 saturated carbocycles. The van der Waals surface area contributed by atoms with Gasteiger partial charge in [-0.1, -0.05) is 0 Å². The zero-order valence-corrected chi connectivity index (χ0v) is 19.0. The molecule has 0 radical (unpaired) electrons. The van der Waals surface area contributed by atoms with Crippen molar-refractivity contribution in [3.05, 3.63) is 59.6 Å². The number of carbonyl (C=O) groups excluding carboxylic acids is 3. The van der Waals surface area contributed by atoms with Gasteiger partial charge in [-0.2, -0.15) is 5.43 Å². The van der Waals surface area contributed by atoms with Crippen LogP contribution in [0, 0.1) is 12.4 Å². The van der Waals surface area contributed by atoms with Crippen LogP contribution in [-0.4, -0.2) is 55.9 Å². The van der Waals surface area contributed by atoms with Crippen LogP contribution in [0.2, 0.25) is 0 Å². The second kappa shape index (κ2) is 10.0. The van der Waals surface area contributed by atoms with Gasteiger partial charge in [-0.15, -0.1) is 0 Å². The molecule has 2 aromatic rings. The second-order valence-electron chi connectivity index (χ2n) is 8.38. The number of nitrogens with one attached hydrogen (secondary N) is 3. The Kier molecular flexibility index (Phi) is 6.88. The van der Waals surface area contributed by atoms with Gasteiger partial charge in [0.25, 0.3) is 0 Å². The van der Waals surface area contributed by atoms with Gasteiger partial charge in [-0.3, -0.25) is 24.8 Å². The Morgan fingerprint density at radius 1 is 1.29 bits per heavy atom. The maximum atomic E-state index is 15.0. The number of amides is 3. The van der Waals surface area contributed by atoms with E-state index in [4.69, 9.17) is 15.7 Å². The molecule has 2 fully saturated rings. The van der Waals surface area contributed by atoms with E-state index in [0.29, 0.717) is 37.3 Å². The molecule has 3 N–H and O–H groups in total. The molecule has 2 saturated heterocycles. The average molecular weight is 484 g/mol. The first-order valence-corrected chi connectivity index (χ1v) is 11.1. The third-order valence-electron chi connectivity index (χ3n) is 5.99. The van der Waals surface area contributed by atoms with E-state index in [1.54, 1.807) is 18.2 Å². The first-order chi connectivity index (χ1) is 16.8. The SMILES string of the molecule is [C-]#[N+]C1(NNC(=O)c2ccco2)CCN(c2ccc(N3C[C@H](CNC(C)=O)OC3=O)cc2F)CC1. The van der Waals surface area contributed by atoms with Crippen LogP contribution in [0.15, 0.2) is 41.0 Å². The van der Waals surface area contributed by atoms with Gasteiger partial charge in [0.1, 0.15) is 11.9 Å². The van der Waals surface area contributed by atoms with E-state index < -0.39 is 29.6 Å². The van der Waals surface area contributed by atoms with E-state index in [1.165, 1.54) is 30.2 Å². The Labute approximate surface area is 201 Å². The van der Waals surface area contributed by atoms with Crippen molar-refractivity contribution in [1.29, 1.82) is 0 Å². The van der Waals surface area contributed by atoms with Gasteiger partial charge >= 0.3 is 17.7 Å². The number of furan rings is 1. The van der Waals surface area contributed by atoms with Crippen LogP contribution in [0.25, 0.3) is 4.85 Å². The van der Waals surface area contributed by atoms with Crippen LogP contribution in [0.3, 0.4) is 0 Å². The number of hydrogen-bond donors (Lipinski definition) is 3. The number of halogens is 1. The van der Waals surface area contributed by atoms with Crippen molar-refractivity contribution in [2.75, 3.05) is 36.0 Å². The topological polar surface area (TPSA) is 121 Å². The van der Waals surface area contributed by atoms with Crippen LogP contribution in [0.4, 0.5) is 20.6 Å². The normalized spacial score (nSPS) is 19.1. The number of cyclic esters (lactones) is 1. The Bertz CT molecular complexity index is 1140. The predicted octanol–water partition coefficient (Wildman–Crippen LogP) is 2.03. The number of hydrogen-bond acceptors (Lipinski definition) is 7. The molecule has 0 unspecified atom stereocenters. The van der Waals surface area contributed by atoms with Gasteiger partial charge in [-0.05, 0) is 30.3 Å². The lowest BCUT2D eigenvalue weighted by molar-refractivity contribution is -0.119. The van der Waals surface area contributed by atoms with Crippen molar-refractivity contribution in [2.45, 2.75) is 31.5 Å². The molecule has 0 aliphatic carbocycles. The fourth-order valence-electron chi connectivity index (χ4n) is 4.04. The zero-order chi connectivity index (χ0) is 25.0. The molecule has 0 bridgehead atoms. The first-order valence-electron chi connectivity index (χ1n) is 11.1. The van der Waals surface area contributed by atoms with Crippen molar-refractivity contribution in [3.8, 4) is 0 Å². The summed E-state index contributed by atoms with van der Waals surface area (Å²) in [5, 5.41) is 2.60. The van der Waals surface area contributed by atoms with Crippen LogP contribution in [0.1, 0.15) is 30.3 Å². The lowest BCUT2D eigenvalue weighted by atomic mass is 9.97. The lowest BCUT2D eigenvalue weighted by Crippen LogP contribution is -2.57. The maximum Gasteiger partial charge on any atom is 0.414 e. The summed E-state index contributed by atoms with van der Waals surface area (Å²) in [7, 11) is 0. The molecule has 184 valence electrons. The molecule has 2 aliphatic rings. The fourth-order valence-corrected chi connectivity index (χ4v) is 4.04. The highest BCUT2D eigenvalue weighted by Gasteiger charge is 2.41. The molecular weight excluding hydrogens is 459 g/mol. The summed E-state index contributed by atoms with van der Waals surface area (Å²) in [6, 6.07) is 7.61. The molecule has 2 aliphatic heterocycles. The van der Waals surface area contributed by atoms with Gasteiger partial charge < -0.3 is 19.4 Å². The maximum absolute atomic E-state index is 15.0. The Hall–Kier alpha value is -4.11. The standard InChI is InChI=1S/C23H25FN6O5/c1-15(31)26-13-17-14-30(22(33)35-17)16-5-6-19(18(24)12-16)29-9-7-23(25-2,8-10-29)28-27-21(32)20-4-3-11-34-20/h3-6,11-12,17,28H,7-10,13-14H2,1H3,(H,26,31)(H,27,32)/t17-/m0/s1. The number of benzene rings is 1. The molecule has 1 aromatic carbocycles. The van der Waals surface area contributed by atoms with Crippen LogP contribution in [-0.2, 0) is 9.53 Å². The Morgan fingerprint density at radius 2 is 2.06 bits per heavy atom. The summed E-state index contributed by atoms with van der Waals surface area (Å²) in [6.07, 6.45) is 0.960. The summed E-state index contributed by atoms with van der Waals surface area (Å²) in [5.41, 5.74) is 5.02. The van der Waals surface area contributed by atoms with Crippen molar-refractivity contribution in [1.82, 2.24) is 16.2 Å². The van der Waals surface area contributed by atoms with Gasteiger partial charge in [0, 0.05) is 20.0 Å². The third kappa shape index (κ3) is 5.36. The van der Waals surface area contributed by atoms with Crippen molar-refractivity contribution in [2.24, 2.45) is 0 Å². The molecule has 3 heterocycles. The number of hydrazine groups is 1. The van der Waals surface area contributed by atoms with Gasteiger partial charge in [0.2, 0.25) is 5.91 Å². The van der Waals surface area contributed by atoms with Gasteiger partial charge in [0.05, 0.1) is 43.6 Å². The Balaban J connectivity index is 1.36. The monoisotopic (exact) mass is 484 g/mol. The van der Waals surface area contributed by atoms with E-state index in [9.17, 15) is 14.4 Å². The number of ether oxygens (including phenoxy) is 1. The molecule has 12 heteroatoms. The molecule has 35 heavy (non-hydrogen) atoms. The minimum Gasteiger partial charge on any atom is -0.459 e. The molecule has 11 nitrogen and oxygen atoms in total. The fraction of sp³-hybridized carbons (Fsp3) is 0.391. The van der Waals surface area contributed by atoms with E-state index in [0.717, 1.165) is 0 Å². The molecule has 4 rings (SSSR count). The van der Waals surface area contributed by atoms with Gasteiger partial charge in [0.15, 0.2) is 5.76 Å². The van der Waals surface area contributed by atoms with Crippen LogP contribution in [0.5, 0.6) is 0 Å². The van der Waals surface area contributed by atoms with Crippen molar-refractivity contribution < 1.29 is 27.9 Å². The quantitative estimate of drug-likeness (QED) is 0.406. The molecular formula is C23H25FN6O5. The zero-order valence-electron chi connectivity index (χ0n) is 19.0. The highest BCUT2D eigenvalue weighted by molar-refractivity contribution is 5.91. The predicted molar refractivity (Wildman–Crippen MR) is 123 cm³/mol. The highest BCUT2D eigenvalue weighted by Crippen LogP contribution is 2.32. The summed E-state index contributed by atoms with van der Waals surface area (Å²) in [6.45, 7) is 10.1. The van der Waals surface area contributed by atoms with E-state index in [1.807, 2.05) is 4.90 Å². The first kappa shape index (κ1) is 24.0. The number of piperidine rings is 1. The van der Waals surface area contributed by atoms with Crippen molar-refractivity contribution >= 4 is 29.3 Å². The molecule has 1 atom stereocenters. The number of carbonyl (C=O) groups is 3. The van der Waals surface area contributed by atoms with E-state index >= 15 is 4.39 Å².